The molecule has 3 nitrogen and oxygen atoms in total. The van der Waals surface area contributed by atoms with Gasteiger partial charge in [0, 0.05) is 19.3 Å². The number of aromatic nitrogens is 1. The van der Waals surface area contributed by atoms with Crippen LogP contribution in [0.3, 0.4) is 0 Å². The molecule has 0 aliphatic rings. The third-order valence-electron chi connectivity index (χ3n) is 2.75. The first-order valence-corrected chi connectivity index (χ1v) is 6.33. The third-order valence-corrected chi connectivity index (χ3v) is 2.97. The predicted molar refractivity (Wildman–Crippen MR) is 75.6 cm³/mol. The van der Waals surface area contributed by atoms with Crippen LogP contribution in [0.5, 0.6) is 0 Å². The van der Waals surface area contributed by atoms with Crippen molar-refractivity contribution >= 4 is 11.6 Å². The summed E-state index contributed by atoms with van der Waals surface area (Å²) in [4.78, 5) is 6.23. The maximum atomic E-state index is 8.87. The zero-order chi connectivity index (χ0) is 13.7. The van der Waals surface area contributed by atoms with E-state index in [0.717, 1.165) is 24.2 Å². The molecule has 1 heterocycles. The molecule has 0 saturated heterocycles. The lowest BCUT2D eigenvalue weighted by atomic mass is 10.1. The zero-order valence-electron chi connectivity index (χ0n) is 10.7. The third kappa shape index (κ3) is 4.06. The Balaban J connectivity index is 1.99. The van der Waals surface area contributed by atoms with Crippen molar-refractivity contribution in [3.8, 4) is 6.07 Å². The van der Waals surface area contributed by atoms with Crippen molar-refractivity contribution in [3.05, 3.63) is 64.4 Å². The summed E-state index contributed by atoms with van der Waals surface area (Å²) in [7, 11) is 2.04. The van der Waals surface area contributed by atoms with Gasteiger partial charge in [-0.25, -0.2) is 4.98 Å². The molecule has 1 aromatic carbocycles. The lowest BCUT2D eigenvalue weighted by Crippen LogP contribution is -2.17. The molecule has 0 atom stereocenters. The Kier molecular flexibility index (Phi) is 4.51. The molecule has 0 radical (unpaired) electrons. The van der Waals surface area contributed by atoms with Gasteiger partial charge in [0.25, 0.3) is 0 Å². The van der Waals surface area contributed by atoms with Crippen molar-refractivity contribution in [3.63, 3.8) is 0 Å². The SMILES string of the molecule is CN(Cc1ccc(Cl)nc1)Cc1cccc(C#N)c1. The topological polar surface area (TPSA) is 39.9 Å². The molecular formula is C15H14ClN3. The van der Waals surface area contributed by atoms with E-state index < -0.39 is 0 Å². The Hall–Kier alpha value is -1.89. The summed E-state index contributed by atoms with van der Waals surface area (Å²) in [6.45, 7) is 1.58. The molecule has 2 rings (SSSR count). The Labute approximate surface area is 118 Å². The molecular weight excluding hydrogens is 258 g/mol. The number of benzene rings is 1. The van der Waals surface area contributed by atoms with Gasteiger partial charge < -0.3 is 0 Å². The largest absolute Gasteiger partial charge is 0.298 e. The van der Waals surface area contributed by atoms with Crippen molar-refractivity contribution in [2.75, 3.05) is 7.05 Å². The van der Waals surface area contributed by atoms with Gasteiger partial charge in [-0.1, -0.05) is 29.8 Å². The molecule has 0 spiro atoms. The predicted octanol–water partition coefficient (Wildman–Crippen LogP) is 3.24. The molecule has 0 unspecified atom stereocenters. The van der Waals surface area contributed by atoms with Gasteiger partial charge >= 0.3 is 0 Å². The van der Waals surface area contributed by atoms with Crippen molar-refractivity contribution < 1.29 is 0 Å². The minimum Gasteiger partial charge on any atom is -0.298 e. The number of pyridine rings is 1. The second-order valence-electron chi connectivity index (χ2n) is 4.47. The number of nitriles is 1. The van der Waals surface area contributed by atoms with E-state index in [4.69, 9.17) is 16.9 Å². The summed E-state index contributed by atoms with van der Waals surface area (Å²) in [5.74, 6) is 0. The van der Waals surface area contributed by atoms with Crippen molar-refractivity contribution in [2.45, 2.75) is 13.1 Å². The second-order valence-corrected chi connectivity index (χ2v) is 4.86. The van der Waals surface area contributed by atoms with Gasteiger partial charge in [0.15, 0.2) is 0 Å². The summed E-state index contributed by atoms with van der Waals surface area (Å²) < 4.78 is 0. The highest BCUT2D eigenvalue weighted by atomic mass is 35.5. The van der Waals surface area contributed by atoms with E-state index >= 15 is 0 Å². The first kappa shape index (κ1) is 13.5. The average molecular weight is 272 g/mol. The maximum Gasteiger partial charge on any atom is 0.129 e. The quantitative estimate of drug-likeness (QED) is 0.802. The van der Waals surface area contributed by atoms with Crippen LogP contribution in [0.15, 0.2) is 42.6 Å². The minimum atomic E-state index is 0.508. The molecule has 0 saturated carbocycles. The smallest absolute Gasteiger partial charge is 0.129 e. The summed E-state index contributed by atoms with van der Waals surface area (Å²) >= 11 is 5.76. The molecule has 0 aliphatic carbocycles. The molecule has 2 aromatic rings. The van der Waals surface area contributed by atoms with E-state index in [0.29, 0.717) is 10.7 Å². The van der Waals surface area contributed by atoms with E-state index in [1.165, 1.54) is 0 Å². The van der Waals surface area contributed by atoms with Gasteiger partial charge in [-0.05, 0) is 36.4 Å². The van der Waals surface area contributed by atoms with E-state index in [2.05, 4.69) is 16.0 Å². The first-order valence-electron chi connectivity index (χ1n) is 5.95. The van der Waals surface area contributed by atoms with Crippen molar-refractivity contribution in [2.24, 2.45) is 0 Å². The van der Waals surface area contributed by atoms with Crippen LogP contribution in [0.25, 0.3) is 0 Å². The highest BCUT2D eigenvalue weighted by Gasteiger charge is 2.03. The number of rotatable bonds is 4. The molecule has 96 valence electrons. The minimum absolute atomic E-state index is 0.508. The van der Waals surface area contributed by atoms with Crippen LogP contribution in [-0.2, 0) is 13.1 Å². The van der Waals surface area contributed by atoms with Crippen LogP contribution >= 0.6 is 11.6 Å². The van der Waals surface area contributed by atoms with Crippen molar-refractivity contribution in [1.29, 1.82) is 5.26 Å². The number of hydrogen-bond donors (Lipinski definition) is 0. The van der Waals surface area contributed by atoms with Crippen LogP contribution < -0.4 is 0 Å². The van der Waals surface area contributed by atoms with Crippen LogP contribution in [0.4, 0.5) is 0 Å². The standard InChI is InChI=1S/C15H14ClN3/c1-19(11-14-5-6-15(16)18-9-14)10-13-4-2-3-12(7-13)8-17/h2-7,9H,10-11H2,1H3. The molecule has 4 heteroatoms. The Bertz CT molecular complexity index is 587. The van der Waals surface area contributed by atoms with Gasteiger partial charge in [0.2, 0.25) is 0 Å². The van der Waals surface area contributed by atoms with Gasteiger partial charge in [-0.2, -0.15) is 5.26 Å². The van der Waals surface area contributed by atoms with Crippen LogP contribution in [0.2, 0.25) is 5.15 Å². The number of nitrogens with zero attached hydrogens (tertiary/aromatic N) is 3. The van der Waals surface area contributed by atoms with Crippen LogP contribution in [-0.4, -0.2) is 16.9 Å². The van der Waals surface area contributed by atoms with Gasteiger partial charge in [0.05, 0.1) is 11.6 Å². The number of halogens is 1. The highest BCUT2D eigenvalue weighted by molar-refractivity contribution is 6.29. The number of hydrogen-bond acceptors (Lipinski definition) is 3. The van der Waals surface area contributed by atoms with Crippen LogP contribution in [0, 0.1) is 11.3 Å². The summed E-state index contributed by atoms with van der Waals surface area (Å²) in [5.41, 5.74) is 2.94. The molecule has 0 bridgehead atoms. The molecule has 0 N–H and O–H groups in total. The zero-order valence-corrected chi connectivity index (χ0v) is 11.4. The van der Waals surface area contributed by atoms with Gasteiger partial charge in [-0.3, -0.25) is 4.90 Å². The molecule has 1 aromatic heterocycles. The van der Waals surface area contributed by atoms with E-state index in [1.54, 1.807) is 12.3 Å². The first-order chi connectivity index (χ1) is 9.17. The Morgan fingerprint density at radius 1 is 1.21 bits per heavy atom. The fourth-order valence-electron chi connectivity index (χ4n) is 1.92. The second kappa shape index (κ2) is 6.33. The lowest BCUT2D eigenvalue weighted by Gasteiger charge is -2.16. The molecule has 0 amide bonds. The lowest BCUT2D eigenvalue weighted by molar-refractivity contribution is 0.318. The summed E-state index contributed by atoms with van der Waals surface area (Å²) in [5, 5.41) is 9.38. The summed E-state index contributed by atoms with van der Waals surface area (Å²) in [6.07, 6.45) is 1.78. The normalized spacial score (nSPS) is 10.4. The van der Waals surface area contributed by atoms with E-state index in [9.17, 15) is 0 Å². The van der Waals surface area contributed by atoms with Crippen molar-refractivity contribution in [1.82, 2.24) is 9.88 Å². The van der Waals surface area contributed by atoms with Gasteiger partial charge in [0.1, 0.15) is 5.15 Å². The fraction of sp³-hybridized carbons (Fsp3) is 0.200. The molecule has 0 fully saturated rings. The van der Waals surface area contributed by atoms with Crippen LogP contribution in [0.1, 0.15) is 16.7 Å². The summed E-state index contributed by atoms with van der Waals surface area (Å²) in [6, 6.07) is 13.6. The molecule has 0 aliphatic heterocycles. The Morgan fingerprint density at radius 2 is 2.00 bits per heavy atom. The van der Waals surface area contributed by atoms with E-state index in [-0.39, 0.29) is 0 Å². The average Bonchev–Trinajstić information content (AvgIpc) is 2.41. The molecule has 19 heavy (non-hydrogen) atoms. The highest BCUT2D eigenvalue weighted by Crippen LogP contribution is 2.11. The van der Waals surface area contributed by atoms with E-state index in [1.807, 2.05) is 37.4 Å². The monoisotopic (exact) mass is 271 g/mol. The van der Waals surface area contributed by atoms with Gasteiger partial charge in [-0.15, -0.1) is 0 Å². The maximum absolute atomic E-state index is 8.87. The Morgan fingerprint density at radius 3 is 2.68 bits per heavy atom. The fourth-order valence-corrected chi connectivity index (χ4v) is 2.03.